The number of nitrogens with two attached hydrogens (primary N) is 1. The van der Waals surface area contributed by atoms with E-state index >= 15 is 0 Å². The van der Waals surface area contributed by atoms with E-state index in [1.165, 1.54) is 6.92 Å². The Kier molecular flexibility index (Phi) is 4.72. The number of likely N-dealkylation sites (tertiary alicyclic amines) is 1. The van der Waals surface area contributed by atoms with Crippen molar-refractivity contribution in [1.82, 2.24) is 25.1 Å². The van der Waals surface area contributed by atoms with Gasteiger partial charge in [-0.25, -0.2) is 0 Å². The van der Waals surface area contributed by atoms with Crippen molar-refractivity contribution in [3.63, 3.8) is 0 Å². The Morgan fingerprint density at radius 3 is 2.78 bits per heavy atom. The lowest BCUT2D eigenvalue weighted by Crippen LogP contribution is -2.33. The van der Waals surface area contributed by atoms with Crippen LogP contribution in [0, 0.1) is 0 Å². The first kappa shape index (κ1) is 17.4. The first-order valence-corrected chi connectivity index (χ1v) is 9.14. The Bertz CT molecular complexity index is 960. The quantitative estimate of drug-likeness (QED) is 0.654. The number of carbonyl (C=O) groups is 1. The van der Waals surface area contributed by atoms with Crippen LogP contribution in [0.4, 0.5) is 11.6 Å². The first-order chi connectivity index (χ1) is 13.1. The number of carbonyl (C=O) groups excluding carboxylic acids is 1. The molecule has 1 amide bonds. The average molecular weight is 365 g/mol. The first-order valence-electron chi connectivity index (χ1n) is 9.14. The summed E-state index contributed by atoms with van der Waals surface area (Å²) in [6.07, 6.45) is 2.06. The van der Waals surface area contributed by atoms with Gasteiger partial charge in [0, 0.05) is 30.5 Å². The lowest BCUT2D eigenvalue weighted by atomic mass is 9.96. The highest BCUT2D eigenvalue weighted by molar-refractivity contribution is 5.92. The maximum absolute atomic E-state index is 11.2. The number of nitrogens with zero attached hydrogens (tertiary/aromatic N) is 4. The number of nitrogen functional groups attached to an aromatic ring is 1. The Morgan fingerprint density at radius 2 is 2.07 bits per heavy atom. The molecule has 0 atom stereocenters. The molecular weight excluding hydrogens is 342 g/mol. The molecule has 4 N–H and O–H groups in total. The number of pyridine rings is 1. The predicted octanol–water partition coefficient (Wildman–Crippen LogP) is 2.27. The van der Waals surface area contributed by atoms with E-state index in [0.29, 0.717) is 11.9 Å². The number of H-pyrrole nitrogens is 1. The molecule has 0 radical (unpaired) electrons. The van der Waals surface area contributed by atoms with Crippen LogP contribution in [-0.2, 0) is 11.3 Å². The fourth-order valence-electron chi connectivity index (χ4n) is 3.60. The second-order valence-corrected chi connectivity index (χ2v) is 7.02. The third-order valence-electron chi connectivity index (χ3n) is 4.95. The second-order valence-electron chi connectivity index (χ2n) is 7.02. The van der Waals surface area contributed by atoms with E-state index in [2.05, 4.69) is 37.5 Å². The van der Waals surface area contributed by atoms with Crippen molar-refractivity contribution in [3.8, 4) is 0 Å². The summed E-state index contributed by atoms with van der Waals surface area (Å²) in [5.41, 5.74) is 8.38. The molecule has 1 saturated heterocycles. The lowest BCUT2D eigenvalue weighted by Gasteiger charge is -2.30. The van der Waals surface area contributed by atoms with Crippen molar-refractivity contribution >= 4 is 28.4 Å². The maximum atomic E-state index is 11.2. The molecule has 3 aromatic rings. The smallest absolute Gasteiger partial charge is 0.239 e. The molecule has 27 heavy (non-hydrogen) atoms. The van der Waals surface area contributed by atoms with Crippen molar-refractivity contribution in [2.45, 2.75) is 32.2 Å². The third kappa shape index (κ3) is 4.06. The Morgan fingerprint density at radius 1 is 1.26 bits per heavy atom. The van der Waals surface area contributed by atoms with E-state index in [0.717, 1.165) is 60.6 Å². The molecule has 0 aliphatic carbocycles. The third-order valence-corrected chi connectivity index (χ3v) is 4.95. The fourth-order valence-corrected chi connectivity index (χ4v) is 3.60. The minimum atomic E-state index is -0.0738. The minimum absolute atomic E-state index is 0.0738. The van der Waals surface area contributed by atoms with Crippen LogP contribution in [0.5, 0.6) is 0 Å². The number of nitrogens with one attached hydrogen (secondary N) is 2. The normalized spacial score (nSPS) is 15.9. The summed E-state index contributed by atoms with van der Waals surface area (Å²) in [6.45, 7) is 4.32. The number of aromatic nitrogens is 4. The van der Waals surface area contributed by atoms with Gasteiger partial charge in [-0.15, -0.1) is 5.10 Å². The minimum Gasteiger partial charge on any atom is -0.367 e. The van der Waals surface area contributed by atoms with Crippen LogP contribution >= 0.6 is 0 Å². The molecule has 0 saturated carbocycles. The van der Waals surface area contributed by atoms with Gasteiger partial charge in [0.1, 0.15) is 5.82 Å². The van der Waals surface area contributed by atoms with Crippen molar-refractivity contribution in [2.75, 3.05) is 24.1 Å². The van der Waals surface area contributed by atoms with E-state index in [4.69, 9.17) is 10.7 Å². The fraction of sp³-hybridized carbons (Fsp3) is 0.368. The number of anilines is 2. The van der Waals surface area contributed by atoms with Crippen LogP contribution in [0.15, 0.2) is 30.3 Å². The summed E-state index contributed by atoms with van der Waals surface area (Å²) in [4.78, 5) is 22.6. The zero-order valence-corrected chi connectivity index (χ0v) is 15.3. The van der Waals surface area contributed by atoms with Gasteiger partial charge >= 0.3 is 0 Å². The van der Waals surface area contributed by atoms with Gasteiger partial charge < -0.3 is 11.1 Å². The summed E-state index contributed by atoms with van der Waals surface area (Å²) in [6, 6.07) is 9.90. The summed E-state index contributed by atoms with van der Waals surface area (Å²) >= 11 is 0. The molecule has 0 spiro atoms. The summed E-state index contributed by atoms with van der Waals surface area (Å²) < 4.78 is 0. The van der Waals surface area contributed by atoms with Gasteiger partial charge in [-0.05, 0) is 50.2 Å². The van der Waals surface area contributed by atoms with E-state index in [1.807, 2.05) is 18.2 Å². The Balaban J connectivity index is 1.39. The highest BCUT2D eigenvalue weighted by atomic mass is 16.1. The summed E-state index contributed by atoms with van der Waals surface area (Å²) in [5, 5.41) is 10.7. The molecule has 8 nitrogen and oxygen atoms in total. The van der Waals surface area contributed by atoms with Gasteiger partial charge in [-0.3, -0.25) is 19.8 Å². The van der Waals surface area contributed by atoms with Crippen molar-refractivity contribution in [1.29, 1.82) is 0 Å². The van der Waals surface area contributed by atoms with Crippen molar-refractivity contribution in [2.24, 2.45) is 0 Å². The zero-order chi connectivity index (χ0) is 18.8. The zero-order valence-electron chi connectivity index (χ0n) is 15.3. The van der Waals surface area contributed by atoms with E-state index in [1.54, 1.807) is 0 Å². The number of rotatable bonds is 4. The van der Waals surface area contributed by atoms with E-state index in [-0.39, 0.29) is 5.91 Å². The summed E-state index contributed by atoms with van der Waals surface area (Å²) in [5.74, 6) is 1.53. The molecule has 1 aliphatic rings. The highest BCUT2D eigenvalue weighted by Gasteiger charge is 2.23. The monoisotopic (exact) mass is 365 g/mol. The Labute approximate surface area is 157 Å². The number of aromatic amines is 1. The van der Waals surface area contributed by atoms with Crippen LogP contribution in [0.3, 0.4) is 0 Å². The molecule has 4 rings (SSSR count). The largest absolute Gasteiger partial charge is 0.367 e. The number of hydrogen-bond donors (Lipinski definition) is 3. The number of fused-ring (bicyclic) bond motifs is 1. The number of amides is 1. The van der Waals surface area contributed by atoms with Crippen LogP contribution in [-0.4, -0.2) is 44.1 Å². The highest BCUT2D eigenvalue weighted by Crippen LogP contribution is 2.26. The van der Waals surface area contributed by atoms with Crippen molar-refractivity contribution in [3.05, 3.63) is 41.9 Å². The predicted molar refractivity (Wildman–Crippen MR) is 104 cm³/mol. The molecule has 1 aromatic carbocycles. The lowest BCUT2D eigenvalue weighted by molar-refractivity contribution is -0.114. The maximum Gasteiger partial charge on any atom is 0.239 e. The second kappa shape index (κ2) is 7.32. The van der Waals surface area contributed by atoms with Gasteiger partial charge in [0.05, 0.1) is 11.2 Å². The number of piperidine rings is 1. The molecule has 140 valence electrons. The molecule has 3 heterocycles. The molecule has 0 unspecified atom stereocenters. The van der Waals surface area contributed by atoms with Gasteiger partial charge in [-0.2, -0.15) is 4.98 Å². The number of benzene rings is 1. The van der Waals surface area contributed by atoms with E-state index < -0.39 is 0 Å². The van der Waals surface area contributed by atoms with Gasteiger partial charge in [0.15, 0.2) is 0 Å². The van der Waals surface area contributed by atoms with Crippen LogP contribution < -0.4 is 11.1 Å². The van der Waals surface area contributed by atoms with E-state index in [9.17, 15) is 4.79 Å². The topological polar surface area (TPSA) is 113 Å². The van der Waals surface area contributed by atoms with Gasteiger partial charge in [0.2, 0.25) is 11.9 Å². The molecule has 1 aliphatic heterocycles. The average Bonchev–Trinajstić information content (AvgIpc) is 3.08. The number of hydrogen-bond acceptors (Lipinski definition) is 6. The molecule has 8 heteroatoms. The SMILES string of the molecule is CC(=O)Nc1ccc2nc(CN3CCC(c4nc(N)n[nH]4)CC3)ccc2c1. The molecule has 1 fully saturated rings. The molecular formula is C19H23N7O. The summed E-state index contributed by atoms with van der Waals surface area (Å²) in [7, 11) is 0. The molecule has 0 bridgehead atoms. The Hall–Kier alpha value is -3.00. The molecule has 2 aromatic heterocycles. The van der Waals surface area contributed by atoms with Crippen LogP contribution in [0.1, 0.15) is 37.2 Å². The van der Waals surface area contributed by atoms with Gasteiger partial charge in [-0.1, -0.05) is 6.07 Å². The van der Waals surface area contributed by atoms with Crippen molar-refractivity contribution < 1.29 is 4.79 Å². The standard InChI is InChI=1S/C19H23N7O/c1-12(27)21-15-4-5-17-14(10-15)2-3-16(22-17)11-26-8-6-13(7-9-26)18-23-19(20)25-24-18/h2-5,10,13H,6-9,11H2,1H3,(H,21,27)(H3,20,23,24,25). The van der Waals surface area contributed by atoms with Crippen LogP contribution in [0.25, 0.3) is 10.9 Å². The van der Waals surface area contributed by atoms with Crippen LogP contribution in [0.2, 0.25) is 0 Å². The van der Waals surface area contributed by atoms with Gasteiger partial charge in [0.25, 0.3) is 0 Å².